The SMILES string of the molecule is CC(C)(C)OC(=O)C(OC(=O)N1CCC[C@@H]1C(=O)O)c1ccccc1[NH+]([O-])O. The molecule has 10 nitrogen and oxygen atoms in total. The predicted molar refractivity (Wildman–Crippen MR) is 94.6 cm³/mol. The summed E-state index contributed by atoms with van der Waals surface area (Å²) in [6.07, 6.45) is -1.91. The van der Waals surface area contributed by atoms with Gasteiger partial charge < -0.3 is 19.8 Å². The molecule has 0 bridgehead atoms. The van der Waals surface area contributed by atoms with Crippen molar-refractivity contribution in [3.8, 4) is 0 Å². The molecule has 3 N–H and O–H groups in total. The van der Waals surface area contributed by atoms with Crippen molar-refractivity contribution in [2.24, 2.45) is 0 Å². The lowest BCUT2D eigenvalue weighted by Crippen LogP contribution is -2.99. The Kier molecular flexibility index (Phi) is 6.60. The van der Waals surface area contributed by atoms with E-state index in [4.69, 9.17) is 9.47 Å². The van der Waals surface area contributed by atoms with Crippen molar-refractivity contribution in [3.63, 3.8) is 0 Å². The van der Waals surface area contributed by atoms with E-state index in [1.807, 2.05) is 0 Å². The smallest absolute Gasteiger partial charge is 0.411 e. The maximum atomic E-state index is 12.7. The van der Waals surface area contributed by atoms with Gasteiger partial charge in [0, 0.05) is 12.6 Å². The number of ether oxygens (including phenoxy) is 2. The van der Waals surface area contributed by atoms with Gasteiger partial charge in [0.1, 0.15) is 11.6 Å². The van der Waals surface area contributed by atoms with Gasteiger partial charge in [-0.05, 0) is 39.7 Å². The summed E-state index contributed by atoms with van der Waals surface area (Å²) in [5.74, 6) is -2.12. The molecule has 3 atom stereocenters. The molecular formula is C18H24N2O8. The van der Waals surface area contributed by atoms with E-state index in [0.29, 0.717) is 6.42 Å². The maximum absolute atomic E-state index is 12.7. The second-order valence-corrected chi connectivity index (χ2v) is 7.38. The topological polar surface area (TPSA) is 141 Å². The highest BCUT2D eigenvalue weighted by Crippen LogP contribution is 2.29. The summed E-state index contributed by atoms with van der Waals surface area (Å²) in [4.78, 5) is 37.6. The van der Waals surface area contributed by atoms with Crippen LogP contribution in [-0.2, 0) is 19.1 Å². The van der Waals surface area contributed by atoms with E-state index in [-0.39, 0.29) is 24.2 Å². The fraction of sp³-hybridized carbons (Fsp3) is 0.500. The first-order valence-electron chi connectivity index (χ1n) is 8.76. The van der Waals surface area contributed by atoms with E-state index in [1.54, 1.807) is 20.8 Å². The van der Waals surface area contributed by atoms with Crippen molar-refractivity contribution in [3.05, 3.63) is 35.0 Å². The molecule has 0 aromatic heterocycles. The van der Waals surface area contributed by atoms with Gasteiger partial charge in [-0.15, -0.1) is 0 Å². The highest BCUT2D eigenvalue weighted by atomic mass is 16.8. The zero-order valence-electron chi connectivity index (χ0n) is 15.9. The van der Waals surface area contributed by atoms with Gasteiger partial charge in [-0.1, -0.05) is 12.1 Å². The first kappa shape index (κ1) is 21.6. The maximum Gasteiger partial charge on any atom is 0.411 e. The molecule has 154 valence electrons. The molecule has 0 aliphatic carbocycles. The van der Waals surface area contributed by atoms with Gasteiger partial charge in [-0.2, -0.15) is 5.23 Å². The summed E-state index contributed by atoms with van der Waals surface area (Å²) < 4.78 is 10.6. The predicted octanol–water partition coefficient (Wildman–Crippen LogP) is 1.16. The van der Waals surface area contributed by atoms with Crippen LogP contribution in [0.3, 0.4) is 0 Å². The number of carbonyl (C=O) groups excluding carboxylic acids is 2. The third-order valence-corrected chi connectivity index (χ3v) is 4.09. The number of esters is 1. The summed E-state index contributed by atoms with van der Waals surface area (Å²) in [5, 5.41) is 28.9. The Labute approximate surface area is 161 Å². The molecule has 1 aromatic rings. The number of hydrogen-bond donors (Lipinski definition) is 3. The molecule has 0 saturated carbocycles. The van der Waals surface area contributed by atoms with Gasteiger partial charge in [0.15, 0.2) is 5.69 Å². The van der Waals surface area contributed by atoms with Crippen LogP contribution in [0.1, 0.15) is 45.3 Å². The molecule has 10 heteroatoms. The molecule has 0 radical (unpaired) electrons. The van der Waals surface area contributed by atoms with Crippen molar-refractivity contribution >= 4 is 23.7 Å². The van der Waals surface area contributed by atoms with E-state index >= 15 is 0 Å². The van der Waals surface area contributed by atoms with Crippen LogP contribution >= 0.6 is 0 Å². The Morgan fingerprint density at radius 3 is 2.50 bits per heavy atom. The summed E-state index contributed by atoms with van der Waals surface area (Å²) in [6, 6.07) is 4.55. The highest BCUT2D eigenvalue weighted by molar-refractivity contribution is 5.84. The number of carboxylic acid groups (broad SMARTS) is 1. The molecule has 1 aromatic carbocycles. The zero-order chi connectivity index (χ0) is 21.1. The standard InChI is InChI=1S/C18H24N2O8/c1-18(2,3)28-16(23)14(11-7-4-5-8-12(11)20(25)26)27-17(24)19-10-6-9-13(19)15(21)22/h4-5,7-8,13-14,20,25H,6,9-10H2,1-3H3,(H,21,22)/t13-,14?/m1/s1. The Bertz CT molecular complexity index is 743. The lowest BCUT2D eigenvalue weighted by atomic mass is 10.1. The lowest BCUT2D eigenvalue weighted by Gasteiger charge is -2.28. The molecule has 1 aliphatic rings. The van der Waals surface area contributed by atoms with Crippen molar-refractivity contribution in [2.45, 2.75) is 51.4 Å². The number of hydrogen-bond acceptors (Lipinski definition) is 7. The molecule has 1 aliphatic heterocycles. The van der Waals surface area contributed by atoms with Gasteiger partial charge in [0.2, 0.25) is 6.10 Å². The van der Waals surface area contributed by atoms with Crippen molar-refractivity contribution in [1.29, 1.82) is 0 Å². The average molecular weight is 396 g/mol. The van der Waals surface area contributed by atoms with Gasteiger partial charge in [-0.3, -0.25) is 4.90 Å². The van der Waals surface area contributed by atoms with Gasteiger partial charge in [-0.25, -0.2) is 19.6 Å². The Morgan fingerprint density at radius 2 is 1.93 bits per heavy atom. The average Bonchev–Trinajstić information content (AvgIpc) is 3.08. The third-order valence-electron chi connectivity index (χ3n) is 4.09. The minimum absolute atomic E-state index is 0.0522. The van der Waals surface area contributed by atoms with Crippen LogP contribution < -0.4 is 5.23 Å². The summed E-state index contributed by atoms with van der Waals surface area (Å²) in [7, 11) is 0. The minimum atomic E-state index is -1.64. The van der Waals surface area contributed by atoms with Crippen LogP contribution in [-0.4, -0.2) is 51.4 Å². The number of carbonyl (C=O) groups is 3. The molecule has 1 amide bonds. The number of likely N-dealkylation sites (tertiary alicyclic amines) is 1. The van der Waals surface area contributed by atoms with Gasteiger partial charge >= 0.3 is 18.0 Å². The summed E-state index contributed by atoms with van der Waals surface area (Å²) >= 11 is 0. The third kappa shape index (κ3) is 5.18. The molecule has 0 spiro atoms. The number of amides is 1. The molecule has 2 rings (SSSR count). The fourth-order valence-corrected chi connectivity index (χ4v) is 2.92. The number of rotatable bonds is 5. The number of aliphatic carboxylic acids is 1. The number of quaternary nitrogens is 1. The Hall–Kier alpha value is -2.69. The van der Waals surface area contributed by atoms with E-state index in [9.17, 15) is 29.9 Å². The quantitative estimate of drug-likeness (QED) is 0.497. The number of nitrogens with one attached hydrogen (secondary N) is 1. The van der Waals surface area contributed by atoms with Gasteiger partial charge in [0.25, 0.3) is 0 Å². The Morgan fingerprint density at radius 1 is 1.29 bits per heavy atom. The highest BCUT2D eigenvalue weighted by Gasteiger charge is 2.39. The number of benzene rings is 1. The summed E-state index contributed by atoms with van der Waals surface area (Å²) in [5.41, 5.74) is -1.18. The van der Waals surface area contributed by atoms with Crippen molar-refractivity contribution in [1.82, 2.24) is 4.90 Å². The monoisotopic (exact) mass is 396 g/mol. The fourth-order valence-electron chi connectivity index (χ4n) is 2.92. The first-order chi connectivity index (χ1) is 13.0. The lowest BCUT2D eigenvalue weighted by molar-refractivity contribution is -0.991. The summed E-state index contributed by atoms with van der Waals surface area (Å²) in [6.45, 7) is 5.02. The molecule has 1 fully saturated rings. The second-order valence-electron chi connectivity index (χ2n) is 7.38. The van der Waals surface area contributed by atoms with E-state index in [2.05, 4.69) is 0 Å². The number of para-hydroxylation sites is 1. The first-order valence-corrected chi connectivity index (χ1v) is 8.76. The molecule has 1 saturated heterocycles. The number of nitrogens with zero attached hydrogens (tertiary/aromatic N) is 1. The van der Waals surface area contributed by atoms with Crippen LogP contribution in [0.25, 0.3) is 0 Å². The van der Waals surface area contributed by atoms with Crippen LogP contribution in [0.5, 0.6) is 0 Å². The molecule has 28 heavy (non-hydrogen) atoms. The minimum Gasteiger partial charge on any atom is -0.595 e. The largest absolute Gasteiger partial charge is 0.595 e. The molecular weight excluding hydrogens is 372 g/mol. The molecule has 2 unspecified atom stereocenters. The van der Waals surface area contributed by atoms with E-state index < -0.39 is 41.0 Å². The zero-order valence-corrected chi connectivity index (χ0v) is 15.9. The van der Waals surface area contributed by atoms with Crippen LogP contribution in [0, 0.1) is 5.21 Å². The van der Waals surface area contributed by atoms with E-state index in [1.165, 1.54) is 24.3 Å². The normalized spacial score (nSPS) is 19.0. The molecule has 1 heterocycles. The van der Waals surface area contributed by atoms with Gasteiger partial charge in [0.05, 0.1) is 5.56 Å². The van der Waals surface area contributed by atoms with E-state index in [0.717, 1.165) is 4.90 Å². The second kappa shape index (κ2) is 8.55. The van der Waals surface area contributed by atoms with Crippen molar-refractivity contribution < 1.29 is 39.4 Å². The van der Waals surface area contributed by atoms with Crippen LogP contribution in [0.4, 0.5) is 10.5 Å². The number of carboxylic acids is 1. The van der Waals surface area contributed by atoms with Crippen LogP contribution in [0.2, 0.25) is 0 Å². The van der Waals surface area contributed by atoms with Crippen LogP contribution in [0.15, 0.2) is 24.3 Å². The van der Waals surface area contributed by atoms with Crippen molar-refractivity contribution in [2.75, 3.05) is 6.54 Å². The Balaban J connectivity index is 2.35.